The van der Waals surface area contributed by atoms with Crippen molar-refractivity contribution in [1.82, 2.24) is 4.90 Å². The number of nitrogens with zero attached hydrogens (tertiary/aromatic N) is 1. The van der Waals surface area contributed by atoms with Gasteiger partial charge in [0.2, 0.25) is 0 Å². The van der Waals surface area contributed by atoms with E-state index in [1.807, 2.05) is 12.1 Å². The summed E-state index contributed by atoms with van der Waals surface area (Å²) in [5, 5.41) is 0. The highest BCUT2D eigenvalue weighted by atomic mass is 16.5. The van der Waals surface area contributed by atoms with Gasteiger partial charge in [-0.2, -0.15) is 0 Å². The molecule has 3 aromatic rings. The van der Waals surface area contributed by atoms with Crippen molar-refractivity contribution in [2.75, 3.05) is 26.7 Å². The van der Waals surface area contributed by atoms with Crippen LogP contribution in [0.25, 0.3) is 0 Å². The summed E-state index contributed by atoms with van der Waals surface area (Å²) in [6, 6.07) is 26.2. The van der Waals surface area contributed by atoms with E-state index < -0.39 is 0 Å². The first-order valence-corrected chi connectivity index (χ1v) is 11.9. The van der Waals surface area contributed by atoms with Crippen LogP contribution in [0.15, 0.2) is 78.9 Å². The van der Waals surface area contributed by atoms with E-state index in [1.54, 1.807) is 25.3 Å². The summed E-state index contributed by atoms with van der Waals surface area (Å²) < 4.78 is 18.2. The summed E-state index contributed by atoms with van der Waals surface area (Å²) in [5.41, 5.74) is 2.95. The lowest BCUT2D eigenvalue weighted by atomic mass is 10.00. The lowest BCUT2D eigenvalue weighted by molar-refractivity contribution is -0.0307. The molecule has 5 nitrogen and oxygen atoms in total. The van der Waals surface area contributed by atoms with Crippen LogP contribution < -0.4 is 9.47 Å². The average Bonchev–Trinajstić information content (AvgIpc) is 2.89. The van der Waals surface area contributed by atoms with Gasteiger partial charge in [-0.15, -0.1) is 0 Å². The standard InChI is InChI=1S/C29H33NO4/c1-22(33-27-14-13-23(21-31)19-28(27)32-2)20-30-17-15-26(16-18-30)34-29(24-9-5-3-6-10-24)25-11-7-4-8-12-25/h3-14,19,21-22,26,29H,15-18,20H2,1-2H3. The summed E-state index contributed by atoms with van der Waals surface area (Å²) in [6.45, 7) is 4.83. The van der Waals surface area contributed by atoms with Crippen LogP contribution in [-0.4, -0.2) is 50.1 Å². The van der Waals surface area contributed by atoms with Crippen LogP contribution in [-0.2, 0) is 4.74 Å². The van der Waals surface area contributed by atoms with Crippen LogP contribution in [0.1, 0.15) is 47.4 Å². The molecule has 3 aromatic carbocycles. The number of rotatable bonds is 10. The molecule has 0 saturated carbocycles. The van der Waals surface area contributed by atoms with E-state index in [0.29, 0.717) is 17.1 Å². The van der Waals surface area contributed by atoms with Crippen LogP contribution in [0.5, 0.6) is 11.5 Å². The lowest BCUT2D eigenvalue weighted by Gasteiger charge is -2.35. The van der Waals surface area contributed by atoms with Crippen LogP contribution >= 0.6 is 0 Å². The van der Waals surface area contributed by atoms with Crippen molar-refractivity contribution >= 4 is 6.29 Å². The molecule has 1 saturated heterocycles. The van der Waals surface area contributed by atoms with E-state index >= 15 is 0 Å². The molecule has 0 spiro atoms. The third-order valence-electron chi connectivity index (χ3n) is 6.24. The van der Waals surface area contributed by atoms with Crippen molar-refractivity contribution in [3.8, 4) is 11.5 Å². The maximum atomic E-state index is 11.0. The van der Waals surface area contributed by atoms with Crippen LogP contribution in [0, 0.1) is 0 Å². The second-order valence-electron chi connectivity index (χ2n) is 8.79. The molecule has 0 bridgehead atoms. The molecule has 0 aliphatic carbocycles. The molecule has 34 heavy (non-hydrogen) atoms. The fraction of sp³-hybridized carbons (Fsp3) is 0.345. The zero-order chi connectivity index (χ0) is 23.8. The largest absolute Gasteiger partial charge is 0.493 e. The van der Waals surface area contributed by atoms with E-state index in [0.717, 1.165) is 38.8 Å². The Kier molecular flexibility index (Phi) is 8.34. The minimum Gasteiger partial charge on any atom is -0.493 e. The molecule has 1 aliphatic heterocycles. The van der Waals surface area contributed by atoms with Crippen molar-refractivity contribution < 1.29 is 19.0 Å². The summed E-state index contributed by atoms with van der Waals surface area (Å²) in [4.78, 5) is 13.4. The minimum atomic E-state index is -0.0528. The Balaban J connectivity index is 1.32. The molecule has 1 heterocycles. The van der Waals surface area contributed by atoms with E-state index in [1.165, 1.54) is 11.1 Å². The van der Waals surface area contributed by atoms with E-state index in [2.05, 4.69) is 60.4 Å². The normalized spacial score (nSPS) is 15.7. The third-order valence-corrected chi connectivity index (χ3v) is 6.24. The number of ether oxygens (including phenoxy) is 3. The van der Waals surface area contributed by atoms with Crippen molar-refractivity contribution in [3.63, 3.8) is 0 Å². The molecule has 0 N–H and O–H groups in total. The number of methoxy groups -OCH3 is 1. The quantitative estimate of drug-likeness (QED) is 0.372. The Bertz CT molecular complexity index is 993. The molecule has 0 aromatic heterocycles. The van der Waals surface area contributed by atoms with Gasteiger partial charge in [-0.1, -0.05) is 60.7 Å². The fourth-order valence-electron chi connectivity index (χ4n) is 4.50. The highest BCUT2D eigenvalue weighted by Crippen LogP contribution is 2.31. The van der Waals surface area contributed by atoms with Gasteiger partial charge in [0.1, 0.15) is 18.5 Å². The number of likely N-dealkylation sites (tertiary alicyclic amines) is 1. The van der Waals surface area contributed by atoms with Crippen molar-refractivity contribution in [2.45, 2.75) is 38.1 Å². The molecule has 178 valence electrons. The topological polar surface area (TPSA) is 48.0 Å². The van der Waals surface area contributed by atoms with Gasteiger partial charge in [-0.3, -0.25) is 9.69 Å². The molecule has 1 unspecified atom stereocenters. The predicted octanol–water partition coefficient (Wildman–Crippen LogP) is 5.55. The summed E-state index contributed by atoms with van der Waals surface area (Å²) >= 11 is 0. The maximum Gasteiger partial charge on any atom is 0.161 e. The van der Waals surface area contributed by atoms with Crippen LogP contribution in [0.2, 0.25) is 0 Å². The Hall–Kier alpha value is -3.15. The number of aldehydes is 1. The summed E-state index contributed by atoms with van der Waals surface area (Å²) in [5.74, 6) is 1.24. The smallest absolute Gasteiger partial charge is 0.161 e. The number of hydrogen-bond donors (Lipinski definition) is 0. The second-order valence-corrected chi connectivity index (χ2v) is 8.79. The first-order valence-electron chi connectivity index (χ1n) is 11.9. The van der Waals surface area contributed by atoms with Crippen LogP contribution in [0.4, 0.5) is 0 Å². The predicted molar refractivity (Wildman–Crippen MR) is 134 cm³/mol. The number of hydrogen-bond acceptors (Lipinski definition) is 5. The third kappa shape index (κ3) is 6.25. The summed E-state index contributed by atoms with van der Waals surface area (Å²) in [6.07, 6.45) is 2.94. The average molecular weight is 460 g/mol. The first kappa shape index (κ1) is 24.0. The molecule has 5 heteroatoms. The van der Waals surface area contributed by atoms with Gasteiger partial charge in [-0.25, -0.2) is 0 Å². The molecular formula is C29H33NO4. The van der Waals surface area contributed by atoms with Gasteiger partial charge in [0.25, 0.3) is 0 Å². The Morgan fingerprint density at radius 1 is 0.912 bits per heavy atom. The van der Waals surface area contributed by atoms with Gasteiger partial charge in [0.05, 0.1) is 13.2 Å². The highest BCUT2D eigenvalue weighted by molar-refractivity contribution is 5.76. The second kappa shape index (κ2) is 11.8. The first-order chi connectivity index (χ1) is 16.7. The molecule has 1 fully saturated rings. The van der Waals surface area contributed by atoms with Gasteiger partial charge in [0.15, 0.2) is 11.5 Å². The Morgan fingerprint density at radius 3 is 2.09 bits per heavy atom. The van der Waals surface area contributed by atoms with Gasteiger partial charge < -0.3 is 14.2 Å². The number of carbonyl (C=O) groups is 1. The van der Waals surface area contributed by atoms with Crippen molar-refractivity contribution in [2.24, 2.45) is 0 Å². The van der Waals surface area contributed by atoms with Gasteiger partial charge in [-0.05, 0) is 49.1 Å². The SMILES string of the molecule is COc1cc(C=O)ccc1OC(C)CN1CCC(OC(c2ccccc2)c2ccccc2)CC1. The Labute approximate surface area is 202 Å². The van der Waals surface area contributed by atoms with Gasteiger partial charge in [0, 0.05) is 25.2 Å². The fourth-order valence-corrected chi connectivity index (χ4v) is 4.50. The lowest BCUT2D eigenvalue weighted by Crippen LogP contribution is -2.42. The zero-order valence-electron chi connectivity index (χ0n) is 19.9. The number of carbonyl (C=O) groups excluding carboxylic acids is 1. The zero-order valence-corrected chi connectivity index (χ0v) is 19.9. The highest BCUT2D eigenvalue weighted by Gasteiger charge is 2.26. The Morgan fingerprint density at radius 2 is 1.53 bits per heavy atom. The van der Waals surface area contributed by atoms with Crippen LogP contribution in [0.3, 0.4) is 0 Å². The number of benzene rings is 3. The van der Waals surface area contributed by atoms with E-state index in [4.69, 9.17) is 14.2 Å². The van der Waals surface area contributed by atoms with Crippen molar-refractivity contribution in [1.29, 1.82) is 0 Å². The molecule has 0 amide bonds. The van der Waals surface area contributed by atoms with Gasteiger partial charge >= 0.3 is 0 Å². The molecule has 0 radical (unpaired) electrons. The molecule has 4 rings (SSSR count). The monoisotopic (exact) mass is 459 g/mol. The van der Waals surface area contributed by atoms with E-state index in [9.17, 15) is 4.79 Å². The minimum absolute atomic E-state index is 0.00478. The van der Waals surface area contributed by atoms with Crippen molar-refractivity contribution in [3.05, 3.63) is 95.6 Å². The number of piperidine rings is 1. The van der Waals surface area contributed by atoms with E-state index in [-0.39, 0.29) is 18.3 Å². The molecule has 1 aliphatic rings. The summed E-state index contributed by atoms with van der Waals surface area (Å²) in [7, 11) is 1.59. The molecular weight excluding hydrogens is 426 g/mol. The molecule has 1 atom stereocenters. The maximum absolute atomic E-state index is 11.0.